The first-order valence-corrected chi connectivity index (χ1v) is 4.77. The number of hydrogen-bond acceptors (Lipinski definition) is 1. The fraction of sp³-hybridized carbons (Fsp3) is 0.125. The summed E-state index contributed by atoms with van der Waals surface area (Å²) in [4.78, 5) is 6.50. The van der Waals surface area contributed by atoms with E-state index in [-0.39, 0.29) is 11.0 Å². The lowest BCUT2D eigenvalue weighted by atomic mass is 10.2. The van der Waals surface area contributed by atoms with E-state index in [2.05, 4.69) is 9.97 Å². The molecule has 14 heavy (non-hydrogen) atoms. The Morgan fingerprint density at radius 1 is 1.36 bits per heavy atom. The normalized spacial score (nSPS) is 12.3. The highest BCUT2D eigenvalue weighted by Crippen LogP contribution is 2.35. The molecule has 2 heterocycles. The maximum atomic E-state index is 12.5. The molecule has 0 saturated heterocycles. The number of pyridine rings is 1. The van der Waals surface area contributed by atoms with Crippen LogP contribution in [0.5, 0.6) is 0 Å². The summed E-state index contributed by atoms with van der Waals surface area (Å²) in [7, 11) is 0. The number of rotatable bonds is 0. The van der Waals surface area contributed by atoms with Gasteiger partial charge in [0.2, 0.25) is 0 Å². The highest BCUT2D eigenvalue weighted by atomic mass is 127. The van der Waals surface area contributed by atoms with Gasteiger partial charge in [-0.05, 0) is 28.7 Å². The third kappa shape index (κ3) is 1.47. The minimum absolute atomic E-state index is 0.139. The lowest BCUT2D eigenvalue weighted by Crippen LogP contribution is -2.05. The van der Waals surface area contributed by atoms with E-state index in [1.807, 2.05) is 22.6 Å². The molecular formula is C8H4F3IN2. The van der Waals surface area contributed by atoms with E-state index in [9.17, 15) is 13.2 Å². The number of alkyl halides is 3. The molecule has 0 amide bonds. The van der Waals surface area contributed by atoms with Crippen LogP contribution in [0.25, 0.3) is 11.0 Å². The van der Waals surface area contributed by atoms with E-state index in [0.29, 0.717) is 3.57 Å². The van der Waals surface area contributed by atoms with Crippen LogP contribution in [0, 0.1) is 3.57 Å². The van der Waals surface area contributed by atoms with E-state index in [1.54, 1.807) is 0 Å². The van der Waals surface area contributed by atoms with Crippen molar-refractivity contribution in [3.8, 4) is 0 Å². The summed E-state index contributed by atoms with van der Waals surface area (Å²) in [6.45, 7) is 0. The Morgan fingerprint density at radius 3 is 2.71 bits per heavy atom. The van der Waals surface area contributed by atoms with Crippen LogP contribution in [0.1, 0.15) is 5.56 Å². The first kappa shape index (κ1) is 9.75. The molecule has 2 aromatic heterocycles. The van der Waals surface area contributed by atoms with Gasteiger partial charge in [0, 0.05) is 21.4 Å². The Labute approximate surface area is 90.7 Å². The first-order chi connectivity index (χ1) is 6.50. The van der Waals surface area contributed by atoms with Gasteiger partial charge in [0.05, 0.1) is 5.56 Å². The quantitative estimate of drug-likeness (QED) is 0.744. The highest BCUT2D eigenvalue weighted by molar-refractivity contribution is 14.1. The number of aromatic amines is 1. The van der Waals surface area contributed by atoms with E-state index >= 15 is 0 Å². The Kier molecular flexibility index (Phi) is 2.17. The zero-order valence-electron chi connectivity index (χ0n) is 6.69. The lowest BCUT2D eigenvalue weighted by Gasteiger charge is -2.07. The Morgan fingerprint density at radius 2 is 2.07 bits per heavy atom. The molecule has 0 fully saturated rings. The molecule has 0 aliphatic rings. The number of aromatic nitrogens is 2. The topological polar surface area (TPSA) is 28.7 Å². The second-order valence-electron chi connectivity index (χ2n) is 2.72. The average molecular weight is 312 g/mol. The molecule has 0 aliphatic heterocycles. The third-order valence-corrected chi connectivity index (χ3v) is 2.68. The van der Waals surface area contributed by atoms with Crippen LogP contribution in [-0.2, 0) is 6.18 Å². The summed E-state index contributed by atoms with van der Waals surface area (Å²) in [5.41, 5.74) is -0.377. The van der Waals surface area contributed by atoms with Crippen molar-refractivity contribution in [2.24, 2.45) is 0 Å². The maximum Gasteiger partial charge on any atom is 0.417 e. The van der Waals surface area contributed by atoms with Gasteiger partial charge in [0.15, 0.2) is 0 Å². The highest BCUT2D eigenvalue weighted by Gasteiger charge is 2.33. The van der Waals surface area contributed by atoms with Crippen LogP contribution in [0.2, 0.25) is 0 Å². The minimum Gasteiger partial charge on any atom is -0.345 e. The zero-order chi connectivity index (χ0) is 10.3. The summed E-state index contributed by atoms with van der Waals surface area (Å²) in [5, 5.41) is 0.139. The fourth-order valence-electron chi connectivity index (χ4n) is 1.25. The molecule has 0 spiro atoms. The van der Waals surface area contributed by atoms with Crippen molar-refractivity contribution in [2.45, 2.75) is 6.18 Å². The van der Waals surface area contributed by atoms with Crippen molar-refractivity contribution < 1.29 is 13.2 Å². The van der Waals surface area contributed by atoms with Crippen molar-refractivity contribution in [1.29, 1.82) is 0 Å². The predicted octanol–water partition coefficient (Wildman–Crippen LogP) is 3.19. The van der Waals surface area contributed by atoms with E-state index < -0.39 is 11.7 Å². The molecule has 1 N–H and O–H groups in total. The van der Waals surface area contributed by atoms with Crippen molar-refractivity contribution >= 4 is 33.6 Å². The molecule has 0 bridgehead atoms. The molecule has 0 aromatic carbocycles. The minimum atomic E-state index is -4.33. The van der Waals surface area contributed by atoms with Gasteiger partial charge in [0.1, 0.15) is 5.65 Å². The number of nitrogens with one attached hydrogen (secondary N) is 1. The van der Waals surface area contributed by atoms with Gasteiger partial charge < -0.3 is 4.98 Å². The van der Waals surface area contributed by atoms with Crippen molar-refractivity contribution in [1.82, 2.24) is 9.97 Å². The molecule has 0 atom stereocenters. The summed E-state index contributed by atoms with van der Waals surface area (Å²) in [6, 6.07) is 0.984. The molecule has 0 unspecified atom stereocenters. The SMILES string of the molecule is FC(F)(F)c1ccnc2[nH]cc(I)c12. The third-order valence-electron chi connectivity index (χ3n) is 1.83. The lowest BCUT2D eigenvalue weighted by molar-refractivity contribution is -0.136. The summed E-state index contributed by atoms with van der Waals surface area (Å²) in [5.74, 6) is 0. The number of hydrogen-bond donors (Lipinski definition) is 1. The van der Waals surface area contributed by atoms with Crippen LogP contribution in [0.4, 0.5) is 13.2 Å². The largest absolute Gasteiger partial charge is 0.417 e. The Balaban J connectivity index is 2.82. The van der Waals surface area contributed by atoms with E-state index in [0.717, 1.165) is 12.3 Å². The molecule has 2 rings (SSSR count). The molecule has 2 nitrogen and oxygen atoms in total. The number of H-pyrrole nitrogens is 1. The second kappa shape index (κ2) is 3.11. The van der Waals surface area contributed by atoms with Gasteiger partial charge in [-0.2, -0.15) is 13.2 Å². The molecule has 0 radical (unpaired) electrons. The second-order valence-corrected chi connectivity index (χ2v) is 3.88. The van der Waals surface area contributed by atoms with Gasteiger partial charge in [-0.3, -0.25) is 0 Å². The van der Waals surface area contributed by atoms with Crippen molar-refractivity contribution in [3.05, 3.63) is 27.6 Å². The standard InChI is InChI=1S/C8H4F3IN2/c9-8(10,11)4-1-2-13-7-6(4)5(12)3-14-7/h1-3H,(H,13,14). The Hall–Kier alpha value is -0.790. The van der Waals surface area contributed by atoms with Gasteiger partial charge in [-0.1, -0.05) is 0 Å². The summed E-state index contributed by atoms with van der Waals surface area (Å²) < 4.78 is 38.1. The fourth-order valence-corrected chi connectivity index (χ4v) is 1.95. The smallest absolute Gasteiger partial charge is 0.345 e. The van der Waals surface area contributed by atoms with Crippen LogP contribution < -0.4 is 0 Å². The maximum absolute atomic E-state index is 12.5. The van der Waals surface area contributed by atoms with E-state index in [4.69, 9.17) is 0 Å². The van der Waals surface area contributed by atoms with Crippen molar-refractivity contribution in [3.63, 3.8) is 0 Å². The van der Waals surface area contributed by atoms with Gasteiger partial charge >= 0.3 is 6.18 Å². The van der Waals surface area contributed by atoms with Gasteiger partial charge in [0.25, 0.3) is 0 Å². The van der Waals surface area contributed by atoms with Crippen LogP contribution in [0.15, 0.2) is 18.5 Å². The molecule has 0 saturated carbocycles. The predicted molar refractivity (Wildman–Crippen MR) is 53.8 cm³/mol. The number of nitrogens with zero attached hydrogens (tertiary/aromatic N) is 1. The van der Waals surface area contributed by atoms with Crippen LogP contribution in [-0.4, -0.2) is 9.97 Å². The molecule has 2 aromatic rings. The Bertz CT molecular complexity index is 475. The molecular weight excluding hydrogens is 308 g/mol. The average Bonchev–Trinajstić information content (AvgIpc) is 2.46. The van der Waals surface area contributed by atoms with Crippen LogP contribution in [0.3, 0.4) is 0 Å². The number of halogens is 4. The molecule has 74 valence electrons. The summed E-state index contributed by atoms with van der Waals surface area (Å²) >= 11 is 1.85. The monoisotopic (exact) mass is 312 g/mol. The summed E-state index contributed by atoms with van der Waals surface area (Å²) in [6.07, 6.45) is -1.67. The molecule has 0 aliphatic carbocycles. The van der Waals surface area contributed by atoms with Crippen molar-refractivity contribution in [2.75, 3.05) is 0 Å². The molecule has 6 heteroatoms. The van der Waals surface area contributed by atoms with E-state index in [1.165, 1.54) is 6.20 Å². The van der Waals surface area contributed by atoms with Gasteiger partial charge in [-0.25, -0.2) is 4.98 Å². The zero-order valence-corrected chi connectivity index (χ0v) is 8.85. The van der Waals surface area contributed by atoms with Gasteiger partial charge in [-0.15, -0.1) is 0 Å². The first-order valence-electron chi connectivity index (χ1n) is 3.69. The van der Waals surface area contributed by atoms with Crippen LogP contribution >= 0.6 is 22.6 Å². The number of fused-ring (bicyclic) bond motifs is 1.